The highest BCUT2D eigenvalue weighted by Crippen LogP contribution is 2.34. The fraction of sp³-hybridized carbons (Fsp3) is 0.342. The van der Waals surface area contributed by atoms with Crippen molar-refractivity contribution in [3.05, 3.63) is 107 Å². The van der Waals surface area contributed by atoms with E-state index in [9.17, 15) is 9.59 Å². The van der Waals surface area contributed by atoms with Gasteiger partial charge in [0.1, 0.15) is 5.75 Å². The molecule has 0 radical (unpaired) electrons. The van der Waals surface area contributed by atoms with Crippen LogP contribution in [0.3, 0.4) is 0 Å². The lowest BCUT2D eigenvalue weighted by molar-refractivity contribution is -0.145. The Bertz CT molecular complexity index is 1940. The second kappa shape index (κ2) is 11.9. The Balaban J connectivity index is 1.16. The van der Waals surface area contributed by atoms with Gasteiger partial charge in [-0.3, -0.25) is 19.2 Å². The summed E-state index contributed by atoms with van der Waals surface area (Å²) in [6.07, 6.45) is 0.788. The summed E-state index contributed by atoms with van der Waals surface area (Å²) in [6.45, 7) is 9.75. The van der Waals surface area contributed by atoms with Gasteiger partial charge in [0, 0.05) is 67.7 Å². The standard InChI is InChI=1S/C38H41N5O3/c1-38(2,3)37(45)42-22-28(23-42)43-33-18-19-41(21-27-16-17-34(46-4)31-15-8-7-14-30(27)31)24-32(33)35(40-43)36(44)39-20-26-12-9-11-25-10-5-6-13-29(25)26/h5-17,28H,18-24H2,1-4H3,(H,39,44). The summed E-state index contributed by atoms with van der Waals surface area (Å²) in [5.74, 6) is 0.851. The molecule has 1 aromatic heterocycles. The SMILES string of the molecule is COc1ccc(CN2CCc3c(c(C(=O)NCc4cccc5ccccc45)nn3C3CN(C(=O)C(C)(C)C)C3)C2)c2ccccc12. The second-order valence-electron chi connectivity index (χ2n) is 13.6. The van der Waals surface area contributed by atoms with Gasteiger partial charge in [-0.15, -0.1) is 0 Å². The largest absolute Gasteiger partial charge is 0.496 e. The van der Waals surface area contributed by atoms with Gasteiger partial charge in [-0.05, 0) is 33.4 Å². The normalized spacial score (nSPS) is 15.5. The average molecular weight is 616 g/mol. The molecule has 0 bridgehead atoms. The Morgan fingerprint density at radius 3 is 2.37 bits per heavy atom. The molecule has 46 heavy (non-hydrogen) atoms. The highest BCUT2D eigenvalue weighted by atomic mass is 16.5. The Morgan fingerprint density at radius 1 is 0.891 bits per heavy atom. The maximum Gasteiger partial charge on any atom is 0.272 e. The zero-order valence-electron chi connectivity index (χ0n) is 27.0. The number of hydrogen-bond donors (Lipinski definition) is 1. The van der Waals surface area contributed by atoms with Crippen molar-refractivity contribution >= 4 is 33.4 Å². The molecule has 0 unspecified atom stereocenters. The number of hydrogen-bond acceptors (Lipinski definition) is 5. The first kappa shape index (κ1) is 30.0. The summed E-state index contributed by atoms with van der Waals surface area (Å²) < 4.78 is 7.68. The molecule has 236 valence electrons. The van der Waals surface area contributed by atoms with Crippen LogP contribution in [0.5, 0.6) is 5.75 Å². The van der Waals surface area contributed by atoms with Crippen molar-refractivity contribution < 1.29 is 14.3 Å². The molecule has 5 aromatic rings. The first-order valence-corrected chi connectivity index (χ1v) is 16.1. The number of nitrogens with zero attached hydrogens (tertiary/aromatic N) is 4. The topological polar surface area (TPSA) is 79.7 Å². The predicted molar refractivity (Wildman–Crippen MR) is 181 cm³/mol. The van der Waals surface area contributed by atoms with Crippen molar-refractivity contribution in [2.75, 3.05) is 26.7 Å². The number of methoxy groups -OCH3 is 1. The molecule has 0 aliphatic carbocycles. The first-order valence-electron chi connectivity index (χ1n) is 16.1. The zero-order valence-corrected chi connectivity index (χ0v) is 27.0. The smallest absolute Gasteiger partial charge is 0.272 e. The average Bonchev–Trinajstić information content (AvgIpc) is 3.41. The van der Waals surface area contributed by atoms with Crippen LogP contribution in [-0.4, -0.2) is 58.1 Å². The number of amides is 2. The number of carbonyl (C=O) groups is 2. The molecule has 7 rings (SSSR count). The fourth-order valence-corrected chi connectivity index (χ4v) is 6.97. The van der Waals surface area contributed by atoms with E-state index >= 15 is 0 Å². The maximum atomic E-state index is 13.9. The molecule has 1 N–H and O–H groups in total. The molecule has 1 saturated heterocycles. The highest BCUT2D eigenvalue weighted by molar-refractivity contribution is 5.95. The van der Waals surface area contributed by atoms with Gasteiger partial charge >= 0.3 is 0 Å². The number of carbonyl (C=O) groups excluding carboxylic acids is 2. The highest BCUT2D eigenvalue weighted by Gasteiger charge is 2.40. The van der Waals surface area contributed by atoms with Crippen LogP contribution >= 0.6 is 0 Å². The van der Waals surface area contributed by atoms with Crippen molar-refractivity contribution in [3.63, 3.8) is 0 Å². The lowest BCUT2D eigenvalue weighted by atomic mass is 9.92. The molecule has 8 heteroatoms. The quantitative estimate of drug-likeness (QED) is 0.239. The number of ether oxygens (including phenoxy) is 1. The van der Waals surface area contributed by atoms with Crippen molar-refractivity contribution in [3.8, 4) is 5.75 Å². The monoisotopic (exact) mass is 615 g/mol. The first-order chi connectivity index (χ1) is 22.2. The lowest BCUT2D eigenvalue weighted by Crippen LogP contribution is -2.54. The third kappa shape index (κ3) is 5.51. The Kier molecular flexibility index (Phi) is 7.77. The minimum atomic E-state index is -0.423. The van der Waals surface area contributed by atoms with E-state index in [0.717, 1.165) is 58.2 Å². The Hall–Kier alpha value is -4.69. The molecule has 4 aromatic carbocycles. The van der Waals surface area contributed by atoms with E-state index in [1.54, 1.807) is 7.11 Å². The van der Waals surface area contributed by atoms with E-state index in [-0.39, 0.29) is 17.9 Å². The van der Waals surface area contributed by atoms with Crippen LogP contribution in [0.2, 0.25) is 0 Å². The minimum absolute atomic E-state index is 0.0664. The van der Waals surface area contributed by atoms with Crippen LogP contribution in [0.1, 0.15) is 59.7 Å². The van der Waals surface area contributed by atoms with Gasteiger partial charge in [-0.25, -0.2) is 0 Å². The Morgan fingerprint density at radius 2 is 1.61 bits per heavy atom. The molecule has 0 spiro atoms. The van der Waals surface area contributed by atoms with Crippen LogP contribution in [-0.2, 0) is 30.8 Å². The molecule has 1 fully saturated rings. The summed E-state index contributed by atoms with van der Waals surface area (Å²) >= 11 is 0. The van der Waals surface area contributed by atoms with Gasteiger partial charge in [-0.1, -0.05) is 93.6 Å². The number of benzene rings is 4. The molecular weight excluding hydrogens is 574 g/mol. The van der Waals surface area contributed by atoms with Crippen molar-refractivity contribution in [1.82, 2.24) is 24.9 Å². The second-order valence-corrected chi connectivity index (χ2v) is 13.6. The summed E-state index contributed by atoms with van der Waals surface area (Å²) in [6, 6.07) is 27.0. The molecule has 0 atom stereocenters. The molecule has 3 heterocycles. The van der Waals surface area contributed by atoms with Gasteiger partial charge in [-0.2, -0.15) is 5.10 Å². The van der Waals surface area contributed by atoms with E-state index in [2.05, 4.69) is 63.4 Å². The minimum Gasteiger partial charge on any atom is -0.496 e. The van der Waals surface area contributed by atoms with E-state index in [0.29, 0.717) is 31.9 Å². The number of likely N-dealkylation sites (tertiary alicyclic amines) is 1. The van der Waals surface area contributed by atoms with E-state index in [1.165, 1.54) is 10.9 Å². The maximum absolute atomic E-state index is 13.9. The van der Waals surface area contributed by atoms with E-state index < -0.39 is 5.41 Å². The number of rotatable bonds is 7. The van der Waals surface area contributed by atoms with Crippen molar-refractivity contribution in [1.29, 1.82) is 0 Å². The summed E-state index contributed by atoms with van der Waals surface area (Å²) in [5, 5.41) is 12.7. The number of nitrogens with one attached hydrogen (secondary N) is 1. The summed E-state index contributed by atoms with van der Waals surface area (Å²) in [5.41, 5.74) is 4.46. The molecule has 8 nitrogen and oxygen atoms in total. The van der Waals surface area contributed by atoms with Gasteiger partial charge in [0.2, 0.25) is 5.91 Å². The molecule has 0 saturated carbocycles. The fourth-order valence-electron chi connectivity index (χ4n) is 6.97. The van der Waals surface area contributed by atoms with Crippen molar-refractivity contribution in [2.24, 2.45) is 5.41 Å². The van der Waals surface area contributed by atoms with E-state index in [4.69, 9.17) is 9.84 Å². The zero-order chi connectivity index (χ0) is 32.0. The van der Waals surface area contributed by atoms with Crippen molar-refractivity contribution in [2.45, 2.75) is 52.9 Å². The predicted octanol–water partition coefficient (Wildman–Crippen LogP) is 6.12. The molecular formula is C38H41N5O3. The van der Waals surface area contributed by atoms with Crippen LogP contribution in [0.15, 0.2) is 78.9 Å². The van der Waals surface area contributed by atoms with Gasteiger partial charge < -0.3 is 15.0 Å². The van der Waals surface area contributed by atoms with Crippen LogP contribution in [0.25, 0.3) is 21.5 Å². The van der Waals surface area contributed by atoms with Crippen LogP contribution in [0, 0.1) is 5.41 Å². The summed E-state index contributed by atoms with van der Waals surface area (Å²) in [4.78, 5) is 31.1. The molecule has 2 aliphatic rings. The van der Waals surface area contributed by atoms with Crippen LogP contribution in [0.4, 0.5) is 0 Å². The van der Waals surface area contributed by atoms with E-state index in [1.807, 2.05) is 56.0 Å². The number of aromatic nitrogens is 2. The van der Waals surface area contributed by atoms with Crippen LogP contribution < -0.4 is 10.1 Å². The third-order valence-corrected chi connectivity index (χ3v) is 9.42. The Labute approximate surface area is 269 Å². The number of fused-ring (bicyclic) bond motifs is 3. The molecule has 2 amide bonds. The third-order valence-electron chi connectivity index (χ3n) is 9.42. The summed E-state index contributed by atoms with van der Waals surface area (Å²) in [7, 11) is 1.71. The van der Waals surface area contributed by atoms with Gasteiger partial charge in [0.15, 0.2) is 5.69 Å². The van der Waals surface area contributed by atoms with Gasteiger partial charge in [0.25, 0.3) is 5.91 Å². The van der Waals surface area contributed by atoms with Gasteiger partial charge in [0.05, 0.1) is 13.2 Å². The molecule has 2 aliphatic heterocycles. The lowest BCUT2D eigenvalue weighted by Gasteiger charge is -2.43.